The van der Waals surface area contributed by atoms with Gasteiger partial charge >= 0.3 is 0 Å². The highest BCUT2D eigenvalue weighted by Crippen LogP contribution is 2.33. The lowest BCUT2D eigenvalue weighted by molar-refractivity contribution is -0.110. The molecule has 3 aromatic rings. The van der Waals surface area contributed by atoms with E-state index in [1.165, 1.54) is 0 Å². The SMILES string of the molecule is CC(C)C=O.CN(CCO)C1CCN(c2nc3cc(F)c(F)cc3nc2-c2cccc(C#N)c2)C1. The number of benzene rings is 2. The minimum Gasteiger partial charge on any atom is -0.395 e. The molecular formula is C26H29F2N5O2. The monoisotopic (exact) mass is 481 g/mol. The number of hydrogen-bond donors (Lipinski definition) is 1. The summed E-state index contributed by atoms with van der Waals surface area (Å²) in [5, 5.41) is 18.5. The summed E-state index contributed by atoms with van der Waals surface area (Å²) in [5.41, 5.74) is 2.22. The van der Waals surface area contributed by atoms with Gasteiger partial charge in [0.05, 0.1) is 29.3 Å². The molecular weight excluding hydrogens is 452 g/mol. The Labute approximate surface area is 203 Å². The topological polar surface area (TPSA) is 93.3 Å². The fourth-order valence-corrected chi connectivity index (χ4v) is 3.83. The molecule has 1 aliphatic heterocycles. The number of anilines is 1. The molecule has 1 unspecified atom stereocenters. The van der Waals surface area contributed by atoms with Crippen LogP contribution in [0.4, 0.5) is 14.6 Å². The number of aliphatic hydroxyl groups excluding tert-OH is 1. The number of aliphatic hydroxyl groups is 1. The van der Waals surface area contributed by atoms with E-state index in [4.69, 9.17) is 0 Å². The van der Waals surface area contributed by atoms with Crippen LogP contribution in [0.3, 0.4) is 0 Å². The van der Waals surface area contributed by atoms with Gasteiger partial charge in [0, 0.05) is 49.3 Å². The lowest BCUT2D eigenvalue weighted by Crippen LogP contribution is -2.36. The summed E-state index contributed by atoms with van der Waals surface area (Å²) < 4.78 is 27.6. The number of rotatable bonds is 6. The van der Waals surface area contributed by atoms with Crippen molar-refractivity contribution in [3.8, 4) is 17.3 Å². The van der Waals surface area contributed by atoms with E-state index in [0.29, 0.717) is 35.7 Å². The number of aldehydes is 1. The van der Waals surface area contributed by atoms with E-state index in [9.17, 15) is 23.9 Å². The lowest BCUT2D eigenvalue weighted by Gasteiger charge is -2.25. The Morgan fingerprint density at radius 3 is 2.49 bits per heavy atom. The summed E-state index contributed by atoms with van der Waals surface area (Å²) in [5.74, 6) is -1.17. The van der Waals surface area contributed by atoms with Gasteiger partial charge in [-0.15, -0.1) is 0 Å². The second kappa shape index (κ2) is 11.8. The van der Waals surface area contributed by atoms with Crippen molar-refractivity contribution in [1.29, 1.82) is 5.26 Å². The second-order valence-electron chi connectivity index (χ2n) is 8.82. The third-order valence-corrected chi connectivity index (χ3v) is 5.76. The Hall–Kier alpha value is -3.48. The lowest BCUT2D eigenvalue weighted by atomic mass is 10.1. The van der Waals surface area contributed by atoms with Crippen molar-refractivity contribution in [3.05, 3.63) is 53.6 Å². The van der Waals surface area contributed by atoms with Gasteiger partial charge in [-0.3, -0.25) is 4.90 Å². The van der Waals surface area contributed by atoms with Crippen LogP contribution in [0.25, 0.3) is 22.3 Å². The summed E-state index contributed by atoms with van der Waals surface area (Å²) >= 11 is 0. The van der Waals surface area contributed by atoms with E-state index in [1.807, 2.05) is 27.0 Å². The predicted octanol–water partition coefficient (Wildman–Crippen LogP) is 3.79. The fraction of sp³-hybridized carbons (Fsp3) is 0.385. The third kappa shape index (κ3) is 6.35. The minimum atomic E-state index is -0.979. The molecule has 1 saturated heterocycles. The molecule has 1 aliphatic rings. The first-order valence-electron chi connectivity index (χ1n) is 11.5. The summed E-state index contributed by atoms with van der Waals surface area (Å²) in [6.07, 6.45) is 1.80. The van der Waals surface area contributed by atoms with Gasteiger partial charge in [0.2, 0.25) is 0 Å². The summed E-state index contributed by atoms with van der Waals surface area (Å²) in [6, 6.07) is 11.4. The van der Waals surface area contributed by atoms with Crippen LogP contribution in [-0.2, 0) is 4.79 Å². The van der Waals surface area contributed by atoms with Gasteiger partial charge in [0.1, 0.15) is 12.0 Å². The van der Waals surface area contributed by atoms with Crippen molar-refractivity contribution in [2.75, 3.05) is 38.2 Å². The van der Waals surface area contributed by atoms with Crippen LogP contribution in [0.5, 0.6) is 0 Å². The van der Waals surface area contributed by atoms with Crippen molar-refractivity contribution in [2.45, 2.75) is 26.3 Å². The van der Waals surface area contributed by atoms with Gasteiger partial charge in [-0.1, -0.05) is 26.0 Å². The Balaban J connectivity index is 0.000000623. The molecule has 0 bridgehead atoms. The highest BCUT2D eigenvalue weighted by atomic mass is 19.2. The normalized spacial score (nSPS) is 15.3. The van der Waals surface area contributed by atoms with E-state index >= 15 is 0 Å². The van der Waals surface area contributed by atoms with Gasteiger partial charge in [0.15, 0.2) is 17.5 Å². The first kappa shape index (κ1) is 26.1. The van der Waals surface area contributed by atoms with Crippen molar-refractivity contribution < 1.29 is 18.7 Å². The number of nitriles is 1. The molecule has 35 heavy (non-hydrogen) atoms. The molecule has 0 spiro atoms. The second-order valence-corrected chi connectivity index (χ2v) is 8.82. The number of carbonyl (C=O) groups excluding carboxylic acids is 1. The summed E-state index contributed by atoms with van der Waals surface area (Å²) in [4.78, 5) is 22.9. The molecule has 0 amide bonds. The number of halogens is 2. The molecule has 1 fully saturated rings. The molecule has 7 nitrogen and oxygen atoms in total. The van der Waals surface area contributed by atoms with Gasteiger partial charge in [-0.05, 0) is 25.6 Å². The Bertz CT molecular complexity index is 1230. The van der Waals surface area contributed by atoms with E-state index < -0.39 is 11.6 Å². The van der Waals surface area contributed by atoms with E-state index in [0.717, 1.165) is 31.4 Å². The number of aromatic nitrogens is 2. The molecule has 0 saturated carbocycles. The maximum Gasteiger partial charge on any atom is 0.161 e. The van der Waals surface area contributed by atoms with Crippen LogP contribution in [0.2, 0.25) is 0 Å². The molecule has 9 heteroatoms. The molecule has 2 aromatic carbocycles. The van der Waals surface area contributed by atoms with E-state index in [2.05, 4.69) is 25.8 Å². The van der Waals surface area contributed by atoms with Crippen LogP contribution in [0, 0.1) is 28.9 Å². The largest absolute Gasteiger partial charge is 0.395 e. The number of likely N-dealkylation sites (N-methyl/N-ethyl adjacent to an activating group) is 1. The number of carbonyl (C=O) groups is 1. The Morgan fingerprint density at radius 2 is 1.89 bits per heavy atom. The zero-order valence-electron chi connectivity index (χ0n) is 20.1. The molecule has 0 radical (unpaired) electrons. The molecule has 0 aliphatic carbocycles. The molecule has 4 rings (SSSR count). The number of nitrogens with zero attached hydrogens (tertiary/aromatic N) is 5. The van der Waals surface area contributed by atoms with Crippen LogP contribution in [0.15, 0.2) is 36.4 Å². The fourth-order valence-electron chi connectivity index (χ4n) is 3.83. The van der Waals surface area contributed by atoms with Crippen molar-refractivity contribution >= 4 is 23.1 Å². The standard InChI is InChI=1S/C22H21F2N5O.C4H8O/c1-28(7-8-30)16-5-6-29(13-16)22-21(15-4-2-3-14(9-15)12-25)26-19-10-17(23)18(24)11-20(19)27-22;1-4(2)3-5/h2-4,9-11,16,30H,5-8,13H2,1H3;3-4H,1-2H3. The molecule has 2 heterocycles. The van der Waals surface area contributed by atoms with Crippen molar-refractivity contribution in [1.82, 2.24) is 14.9 Å². The van der Waals surface area contributed by atoms with Crippen molar-refractivity contribution in [3.63, 3.8) is 0 Å². The average Bonchev–Trinajstić information content (AvgIpc) is 3.35. The van der Waals surface area contributed by atoms with Gasteiger partial charge in [0.25, 0.3) is 0 Å². The number of hydrogen-bond acceptors (Lipinski definition) is 7. The average molecular weight is 482 g/mol. The van der Waals surface area contributed by atoms with E-state index in [-0.39, 0.29) is 29.6 Å². The maximum atomic E-state index is 13.8. The van der Waals surface area contributed by atoms with Crippen molar-refractivity contribution in [2.24, 2.45) is 5.92 Å². The first-order chi connectivity index (χ1) is 16.8. The highest BCUT2D eigenvalue weighted by Gasteiger charge is 2.29. The van der Waals surface area contributed by atoms with Crippen LogP contribution in [0.1, 0.15) is 25.8 Å². The highest BCUT2D eigenvalue weighted by molar-refractivity contribution is 5.84. The summed E-state index contributed by atoms with van der Waals surface area (Å²) in [6.45, 7) is 5.75. The minimum absolute atomic E-state index is 0.0832. The van der Waals surface area contributed by atoms with Gasteiger partial charge in [-0.25, -0.2) is 18.7 Å². The van der Waals surface area contributed by atoms with Crippen LogP contribution < -0.4 is 4.90 Å². The predicted molar refractivity (Wildman–Crippen MR) is 131 cm³/mol. The number of fused-ring (bicyclic) bond motifs is 1. The Morgan fingerprint density at radius 1 is 1.23 bits per heavy atom. The summed E-state index contributed by atoms with van der Waals surface area (Å²) in [7, 11) is 1.96. The maximum absolute atomic E-state index is 13.8. The zero-order chi connectivity index (χ0) is 25.5. The Kier molecular flexibility index (Phi) is 8.79. The van der Waals surface area contributed by atoms with Crippen LogP contribution in [-0.4, -0.2) is 65.6 Å². The van der Waals surface area contributed by atoms with Gasteiger partial charge < -0.3 is 14.8 Å². The van der Waals surface area contributed by atoms with Crippen LogP contribution >= 0.6 is 0 Å². The van der Waals surface area contributed by atoms with E-state index in [1.54, 1.807) is 18.2 Å². The zero-order valence-corrected chi connectivity index (χ0v) is 20.1. The molecule has 184 valence electrons. The quantitative estimate of drug-likeness (QED) is 0.536. The molecule has 1 atom stereocenters. The molecule has 1 N–H and O–H groups in total. The first-order valence-corrected chi connectivity index (χ1v) is 11.5. The smallest absolute Gasteiger partial charge is 0.161 e. The van der Waals surface area contributed by atoms with Gasteiger partial charge in [-0.2, -0.15) is 5.26 Å². The molecule has 1 aromatic heterocycles. The third-order valence-electron chi connectivity index (χ3n) is 5.76.